The molecule has 6 heteroatoms. The second-order valence-electron chi connectivity index (χ2n) is 7.87. The van der Waals surface area contributed by atoms with Crippen LogP contribution in [0.3, 0.4) is 0 Å². The zero-order valence-corrected chi connectivity index (χ0v) is 16.8. The summed E-state index contributed by atoms with van der Waals surface area (Å²) in [5, 5.41) is 2.76. The maximum Gasteiger partial charge on any atom is 0.308 e. The summed E-state index contributed by atoms with van der Waals surface area (Å²) in [5.74, 6) is -0.562. The Bertz CT molecular complexity index is 491. The van der Waals surface area contributed by atoms with Gasteiger partial charge in [-0.3, -0.25) is 14.4 Å². The van der Waals surface area contributed by atoms with Gasteiger partial charge in [-0.2, -0.15) is 0 Å². The van der Waals surface area contributed by atoms with Crippen molar-refractivity contribution >= 4 is 17.8 Å². The van der Waals surface area contributed by atoms with Crippen LogP contribution in [0.1, 0.15) is 84.0 Å². The molecule has 0 aromatic rings. The van der Waals surface area contributed by atoms with Crippen molar-refractivity contribution in [2.75, 3.05) is 19.7 Å². The number of hydrogen-bond acceptors (Lipinski definition) is 4. The third-order valence-corrected chi connectivity index (χ3v) is 5.69. The van der Waals surface area contributed by atoms with E-state index >= 15 is 0 Å². The largest absolute Gasteiger partial charge is 0.466 e. The number of nitrogens with one attached hydrogen (secondary N) is 1. The Labute approximate surface area is 163 Å². The molecule has 0 radical (unpaired) electrons. The Morgan fingerprint density at radius 2 is 1.74 bits per heavy atom. The predicted octanol–water partition coefficient (Wildman–Crippen LogP) is 3.19. The first-order valence-corrected chi connectivity index (χ1v) is 10.9. The van der Waals surface area contributed by atoms with Gasteiger partial charge in [0.1, 0.15) is 6.04 Å². The number of piperazine rings is 1. The fourth-order valence-corrected chi connectivity index (χ4v) is 3.71. The van der Waals surface area contributed by atoms with E-state index in [4.69, 9.17) is 4.74 Å². The summed E-state index contributed by atoms with van der Waals surface area (Å²) in [5.41, 5.74) is 0. The van der Waals surface area contributed by atoms with E-state index < -0.39 is 6.04 Å². The van der Waals surface area contributed by atoms with Crippen LogP contribution in [-0.2, 0) is 19.1 Å². The van der Waals surface area contributed by atoms with Crippen molar-refractivity contribution in [1.82, 2.24) is 10.2 Å². The molecule has 1 aliphatic heterocycles. The Balaban J connectivity index is 1.63. The number of amides is 2. The van der Waals surface area contributed by atoms with Crippen LogP contribution in [0.2, 0.25) is 0 Å². The Morgan fingerprint density at radius 3 is 2.37 bits per heavy atom. The van der Waals surface area contributed by atoms with Gasteiger partial charge in [0.25, 0.3) is 0 Å². The highest BCUT2D eigenvalue weighted by Gasteiger charge is 2.39. The summed E-state index contributed by atoms with van der Waals surface area (Å²) >= 11 is 0. The number of carbonyl (C=O) groups excluding carboxylic acids is 3. The monoisotopic (exact) mass is 380 g/mol. The standard InChI is InChI=1S/C21H36N2O4/c1-2-3-4-5-6-7-8-9-15-27-19(24)16-18-20(25)22-13-14-23(18)21(26)17-11-10-12-17/h17-18H,2-16H2,1H3,(H,22,25). The zero-order valence-electron chi connectivity index (χ0n) is 16.8. The molecule has 0 aromatic carbocycles. The number of nitrogens with zero attached hydrogens (tertiary/aromatic N) is 1. The molecule has 1 aliphatic carbocycles. The number of hydrogen-bond donors (Lipinski definition) is 1. The Morgan fingerprint density at radius 1 is 1.07 bits per heavy atom. The van der Waals surface area contributed by atoms with Crippen LogP contribution in [0.4, 0.5) is 0 Å². The lowest BCUT2D eigenvalue weighted by atomic mass is 9.83. The van der Waals surface area contributed by atoms with E-state index in [9.17, 15) is 14.4 Å². The van der Waals surface area contributed by atoms with Crippen LogP contribution in [0.15, 0.2) is 0 Å². The summed E-state index contributed by atoms with van der Waals surface area (Å²) in [6.45, 7) is 3.56. The summed E-state index contributed by atoms with van der Waals surface area (Å²) in [6.07, 6.45) is 12.3. The highest BCUT2D eigenvalue weighted by molar-refractivity contribution is 5.92. The number of esters is 1. The maximum absolute atomic E-state index is 12.5. The van der Waals surface area contributed by atoms with Crippen LogP contribution >= 0.6 is 0 Å². The van der Waals surface area contributed by atoms with Crippen LogP contribution in [0, 0.1) is 5.92 Å². The Kier molecular flexibility index (Phi) is 9.64. The lowest BCUT2D eigenvalue weighted by Gasteiger charge is -2.38. The van der Waals surface area contributed by atoms with Gasteiger partial charge in [-0.15, -0.1) is 0 Å². The molecule has 1 heterocycles. The highest BCUT2D eigenvalue weighted by atomic mass is 16.5. The molecule has 1 unspecified atom stereocenters. The minimum atomic E-state index is -0.710. The summed E-state index contributed by atoms with van der Waals surface area (Å²) in [4.78, 5) is 38.5. The molecule has 6 nitrogen and oxygen atoms in total. The molecule has 1 atom stereocenters. The van der Waals surface area contributed by atoms with E-state index in [1.165, 1.54) is 38.5 Å². The quantitative estimate of drug-likeness (QED) is 0.417. The normalized spacial score (nSPS) is 20.1. The van der Waals surface area contributed by atoms with Crippen LogP contribution in [0.25, 0.3) is 0 Å². The first kappa shape index (κ1) is 21.7. The second-order valence-corrected chi connectivity index (χ2v) is 7.87. The number of rotatable bonds is 12. The van der Waals surface area contributed by atoms with Crippen molar-refractivity contribution in [3.8, 4) is 0 Å². The molecule has 1 saturated heterocycles. The van der Waals surface area contributed by atoms with Gasteiger partial charge in [-0.05, 0) is 19.3 Å². The topological polar surface area (TPSA) is 75.7 Å². The minimum absolute atomic E-state index is 0.0250. The van der Waals surface area contributed by atoms with Crippen molar-refractivity contribution in [3.63, 3.8) is 0 Å². The first-order chi connectivity index (χ1) is 13.1. The number of carbonyl (C=O) groups is 3. The summed E-state index contributed by atoms with van der Waals surface area (Å²) in [6, 6.07) is -0.710. The Hall–Kier alpha value is -1.59. The average molecular weight is 381 g/mol. The van der Waals surface area contributed by atoms with Gasteiger partial charge >= 0.3 is 5.97 Å². The zero-order chi connectivity index (χ0) is 19.5. The first-order valence-electron chi connectivity index (χ1n) is 10.9. The molecule has 2 aliphatic rings. The van der Waals surface area contributed by atoms with Gasteiger partial charge < -0.3 is 15.0 Å². The lowest BCUT2D eigenvalue weighted by Crippen LogP contribution is -2.59. The van der Waals surface area contributed by atoms with Crippen LogP contribution < -0.4 is 5.32 Å². The molecule has 1 N–H and O–H groups in total. The molecule has 0 aromatic heterocycles. The second kappa shape index (κ2) is 12.0. The minimum Gasteiger partial charge on any atom is -0.466 e. The third kappa shape index (κ3) is 7.15. The van der Waals surface area contributed by atoms with Crippen molar-refractivity contribution in [2.24, 2.45) is 5.92 Å². The van der Waals surface area contributed by atoms with E-state index in [1.54, 1.807) is 4.90 Å². The number of ether oxygens (including phenoxy) is 1. The van der Waals surface area contributed by atoms with Gasteiger partial charge in [-0.25, -0.2) is 0 Å². The molecule has 2 amide bonds. The molecule has 1 saturated carbocycles. The van der Waals surface area contributed by atoms with Crippen LogP contribution in [-0.4, -0.2) is 48.4 Å². The van der Waals surface area contributed by atoms with Crippen molar-refractivity contribution in [3.05, 3.63) is 0 Å². The predicted molar refractivity (Wildman–Crippen MR) is 104 cm³/mol. The van der Waals surface area contributed by atoms with Crippen molar-refractivity contribution in [1.29, 1.82) is 0 Å². The van der Waals surface area contributed by atoms with Crippen molar-refractivity contribution in [2.45, 2.75) is 90.0 Å². The fraction of sp³-hybridized carbons (Fsp3) is 0.857. The van der Waals surface area contributed by atoms with E-state index in [1.807, 2.05) is 0 Å². The van der Waals surface area contributed by atoms with E-state index in [0.29, 0.717) is 19.7 Å². The molecular formula is C21H36N2O4. The van der Waals surface area contributed by atoms with Gasteiger partial charge in [-0.1, -0.05) is 58.3 Å². The molecular weight excluding hydrogens is 344 g/mol. The molecule has 27 heavy (non-hydrogen) atoms. The number of unbranched alkanes of at least 4 members (excludes halogenated alkanes) is 7. The highest BCUT2D eigenvalue weighted by Crippen LogP contribution is 2.29. The molecule has 2 rings (SSSR count). The molecule has 2 fully saturated rings. The summed E-state index contributed by atoms with van der Waals surface area (Å²) < 4.78 is 5.31. The van der Waals surface area contributed by atoms with Crippen molar-refractivity contribution < 1.29 is 19.1 Å². The van der Waals surface area contributed by atoms with Gasteiger partial charge in [0.05, 0.1) is 13.0 Å². The fourth-order valence-electron chi connectivity index (χ4n) is 3.71. The summed E-state index contributed by atoms with van der Waals surface area (Å²) in [7, 11) is 0. The van der Waals surface area contributed by atoms with Gasteiger partial charge in [0.15, 0.2) is 0 Å². The maximum atomic E-state index is 12.5. The van der Waals surface area contributed by atoms with E-state index in [-0.39, 0.29) is 30.1 Å². The molecule has 0 bridgehead atoms. The average Bonchev–Trinajstić information content (AvgIpc) is 2.60. The molecule has 154 valence electrons. The van der Waals surface area contributed by atoms with E-state index in [0.717, 1.165) is 32.1 Å². The van der Waals surface area contributed by atoms with Gasteiger partial charge in [0.2, 0.25) is 11.8 Å². The van der Waals surface area contributed by atoms with E-state index in [2.05, 4.69) is 12.2 Å². The third-order valence-electron chi connectivity index (χ3n) is 5.69. The lowest BCUT2D eigenvalue weighted by molar-refractivity contribution is -0.154. The van der Waals surface area contributed by atoms with Gasteiger partial charge in [0, 0.05) is 19.0 Å². The van der Waals surface area contributed by atoms with Crippen LogP contribution in [0.5, 0.6) is 0 Å². The molecule has 0 spiro atoms. The smallest absolute Gasteiger partial charge is 0.308 e. The SMILES string of the molecule is CCCCCCCCCCOC(=O)CC1C(=O)NCCN1C(=O)C1CCC1.